The number of rotatable bonds is 7. The molecule has 4 bridgehead atoms. The molecule has 2 amide bonds. The van der Waals surface area contributed by atoms with Crippen LogP contribution in [0.1, 0.15) is 52.4 Å². The Balaban J connectivity index is 1.32. The zero-order valence-electron chi connectivity index (χ0n) is 14.1. The highest BCUT2D eigenvalue weighted by Gasteiger charge is 2.48. The molecule has 0 aromatic carbocycles. The van der Waals surface area contributed by atoms with Crippen LogP contribution in [0.5, 0.6) is 0 Å². The lowest BCUT2D eigenvalue weighted by Crippen LogP contribution is -2.57. The van der Waals surface area contributed by atoms with E-state index in [1.54, 1.807) is 0 Å². The number of carbonyl (C=O) groups is 1. The molecule has 4 fully saturated rings. The lowest BCUT2D eigenvalue weighted by Gasteiger charge is -2.54. The summed E-state index contributed by atoms with van der Waals surface area (Å²) in [6.45, 7) is 6.54. The van der Waals surface area contributed by atoms with E-state index in [9.17, 15) is 4.79 Å². The van der Waals surface area contributed by atoms with Crippen LogP contribution in [0.25, 0.3) is 0 Å². The molecule has 4 aliphatic rings. The van der Waals surface area contributed by atoms with Gasteiger partial charge in [-0.05, 0) is 68.1 Å². The standard InChI is InChI=1S/C18H32N2O2/c1-12(2)11-22-5-3-4-19-18(21)20-17-15-7-13-6-14(9-15)10-16(17)8-13/h12-17H,3-11H2,1-2H3,(H2,19,20,21). The van der Waals surface area contributed by atoms with Gasteiger partial charge in [-0.1, -0.05) is 13.8 Å². The van der Waals surface area contributed by atoms with Crippen molar-refractivity contribution in [3.05, 3.63) is 0 Å². The molecule has 2 N–H and O–H groups in total. The third-order valence-corrected chi connectivity index (χ3v) is 5.73. The molecule has 0 atom stereocenters. The number of carbonyl (C=O) groups excluding carboxylic acids is 1. The minimum atomic E-state index is 0.0290. The first-order chi connectivity index (χ1) is 10.6. The Kier molecular flexibility index (Phi) is 5.27. The van der Waals surface area contributed by atoms with Crippen molar-refractivity contribution >= 4 is 6.03 Å². The summed E-state index contributed by atoms with van der Waals surface area (Å²) in [6, 6.07) is 0.464. The predicted molar refractivity (Wildman–Crippen MR) is 87.6 cm³/mol. The van der Waals surface area contributed by atoms with Crippen LogP contribution < -0.4 is 10.6 Å². The van der Waals surface area contributed by atoms with Gasteiger partial charge in [-0.3, -0.25) is 0 Å². The van der Waals surface area contributed by atoms with Crippen molar-refractivity contribution in [2.75, 3.05) is 19.8 Å². The topological polar surface area (TPSA) is 50.4 Å². The molecule has 0 aromatic heterocycles. The van der Waals surface area contributed by atoms with Crippen LogP contribution in [0.15, 0.2) is 0 Å². The number of hydrogen-bond donors (Lipinski definition) is 2. The highest BCUT2D eigenvalue weighted by molar-refractivity contribution is 5.74. The molecule has 4 aliphatic carbocycles. The van der Waals surface area contributed by atoms with Gasteiger partial charge < -0.3 is 15.4 Å². The minimum Gasteiger partial charge on any atom is -0.381 e. The zero-order chi connectivity index (χ0) is 15.5. The zero-order valence-corrected chi connectivity index (χ0v) is 14.1. The van der Waals surface area contributed by atoms with Crippen molar-refractivity contribution in [2.45, 2.75) is 58.4 Å². The summed E-state index contributed by atoms with van der Waals surface area (Å²) < 4.78 is 5.53. The van der Waals surface area contributed by atoms with Gasteiger partial charge in [-0.2, -0.15) is 0 Å². The van der Waals surface area contributed by atoms with E-state index >= 15 is 0 Å². The summed E-state index contributed by atoms with van der Waals surface area (Å²) in [7, 11) is 0. The minimum absolute atomic E-state index is 0.0290. The van der Waals surface area contributed by atoms with Gasteiger partial charge in [0.15, 0.2) is 0 Å². The Morgan fingerprint density at radius 1 is 1.09 bits per heavy atom. The molecule has 0 radical (unpaired) electrons. The van der Waals surface area contributed by atoms with Gasteiger partial charge in [0.25, 0.3) is 0 Å². The molecule has 4 heteroatoms. The van der Waals surface area contributed by atoms with Crippen LogP contribution in [-0.2, 0) is 4.74 Å². The molecule has 126 valence electrons. The average Bonchev–Trinajstić information content (AvgIpc) is 2.45. The van der Waals surface area contributed by atoms with Crippen molar-refractivity contribution in [2.24, 2.45) is 29.6 Å². The van der Waals surface area contributed by atoms with Crippen molar-refractivity contribution in [1.82, 2.24) is 10.6 Å². The summed E-state index contributed by atoms with van der Waals surface area (Å²) in [5.41, 5.74) is 0. The Morgan fingerprint density at radius 2 is 1.73 bits per heavy atom. The molecule has 22 heavy (non-hydrogen) atoms. The number of urea groups is 1. The Morgan fingerprint density at radius 3 is 2.32 bits per heavy atom. The fourth-order valence-corrected chi connectivity index (χ4v) is 5.06. The monoisotopic (exact) mass is 308 g/mol. The molecule has 4 rings (SSSR count). The van der Waals surface area contributed by atoms with Crippen LogP contribution in [0.4, 0.5) is 4.79 Å². The lowest BCUT2D eigenvalue weighted by molar-refractivity contribution is -0.00942. The van der Waals surface area contributed by atoms with Crippen molar-refractivity contribution in [1.29, 1.82) is 0 Å². The number of nitrogens with one attached hydrogen (secondary N) is 2. The largest absolute Gasteiger partial charge is 0.381 e. The molecule has 0 unspecified atom stereocenters. The van der Waals surface area contributed by atoms with E-state index in [-0.39, 0.29) is 6.03 Å². The van der Waals surface area contributed by atoms with Gasteiger partial charge >= 0.3 is 6.03 Å². The van der Waals surface area contributed by atoms with Gasteiger partial charge in [0.2, 0.25) is 0 Å². The maximum Gasteiger partial charge on any atom is 0.315 e. The van der Waals surface area contributed by atoms with Crippen molar-refractivity contribution in [3.8, 4) is 0 Å². The molecule has 0 saturated heterocycles. The van der Waals surface area contributed by atoms with Gasteiger partial charge in [-0.15, -0.1) is 0 Å². The van der Waals surface area contributed by atoms with E-state index in [4.69, 9.17) is 4.74 Å². The van der Waals surface area contributed by atoms with E-state index in [2.05, 4.69) is 24.5 Å². The maximum atomic E-state index is 12.1. The second-order valence-corrected chi connectivity index (χ2v) is 8.18. The predicted octanol–water partition coefficient (Wildman–Crippen LogP) is 3.17. The van der Waals surface area contributed by atoms with Crippen molar-refractivity contribution in [3.63, 3.8) is 0 Å². The quantitative estimate of drug-likeness (QED) is 0.710. The Labute approximate surface area is 134 Å². The van der Waals surface area contributed by atoms with Crippen LogP contribution in [0.3, 0.4) is 0 Å². The maximum absolute atomic E-state index is 12.1. The molecule has 0 spiro atoms. The van der Waals surface area contributed by atoms with Crippen LogP contribution in [0.2, 0.25) is 0 Å². The van der Waals surface area contributed by atoms with Gasteiger partial charge in [0.1, 0.15) is 0 Å². The first kappa shape index (κ1) is 16.1. The molecule has 4 saturated carbocycles. The second-order valence-electron chi connectivity index (χ2n) is 8.18. The third-order valence-electron chi connectivity index (χ3n) is 5.73. The number of hydrogen-bond acceptors (Lipinski definition) is 2. The SMILES string of the molecule is CC(C)COCCCNC(=O)NC1C2CC3CC(C2)CC1C3. The molecule has 4 nitrogen and oxygen atoms in total. The third kappa shape index (κ3) is 3.95. The van der Waals surface area contributed by atoms with E-state index in [0.29, 0.717) is 18.5 Å². The molecule has 0 aliphatic heterocycles. The molecule has 0 heterocycles. The average molecular weight is 308 g/mol. The summed E-state index contributed by atoms with van der Waals surface area (Å²) in [4.78, 5) is 12.1. The molecular weight excluding hydrogens is 276 g/mol. The number of amides is 2. The Hall–Kier alpha value is -0.770. The van der Waals surface area contributed by atoms with Crippen LogP contribution in [0, 0.1) is 29.6 Å². The summed E-state index contributed by atoms with van der Waals surface area (Å²) in [5, 5.41) is 6.28. The molecular formula is C18H32N2O2. The summed E-state index contributed by atoms with van der Waals surface area (Å²) in [5.74, 6) is 3.99. The van der Waals surface area contributed by atoms with E-state index in [0.717, 1.165) is 43.3 Å². The van der Waals surface area contributed by atoms with E-state index < -0.39 is 0 Å². The smallest absolute Gasteiger partial charge is 0.315 e. The van der Waals surface area contributed by atoms with Gasteiger partial charge in [0, 0.05) is 25.8 Å². The van der Waals surface area contributed by atoms with Crippen LogP contribution in [-0.4, -0.2) is 31.8 Å². The Bertz CT molecular complexity index is 355. The second kappa shape index (κ2) is 7.20. The van der Waals surface area contributed by atoms with E-state index in [1.165, 1.54) is 32.1 Å². The van der Waals surface area contributed by atoms with Crippen molar-refractivity contribution < 1.29 is 9.53 Å². The van der Waals surface area contributed by atoms with E-state index in [1.807, 2.05) is 0 Å². The number of ether oxygens (including phenoxy) is 1. The lowest BCUT2D eigenvalue weighted by atomic mass is 9.54. The fourth-order valence-electron chi connectivity index (χ4n) is 5.06. The highest BCUT2D eigenvalue weighted by atomic mass is 16.5. The fraction of sp³-hybridized carbons (Fsp3) is 0.944. The summed E-state index contributed by atoms with van der Waals surface area (Å²) >= 11 is 0. The highest BCUT2D eigenvalue weighted by Crippen LogP contribution is 2.53. The molecule has 0 aromatic rings. The first-order valence-electron chi connectivity index (χ1n) is 9.24. The van der Waals surface area contributed by atoms with Crippen LogP contribution >= 0.6 is 0 Å². The van der Waals surface area contributed by atoms with Gasteiger partial charge in [-0.25, -0.2) is 4.79 Å². The first-order valence-corrected chi connectivity index (χ1v) is 9.24. The summed E-state index contributed by atoms with van der Waals surface area (Å²) in [6.07, 6.45) is 7.74. The van der Waals surface area contributed by atoms with Gasteiger partial charge in [0.05, 0.1) is 0 Å². The normalized spacial score (nSPS) is 35.9.